The number of carbonyl (C=O) groups is 2. The highest BCUT2D eigenvalue weighted by atomic mass is 16.6. The van der Waals surface area contributed by atoms with Crippen molar-refractivity contribution in [3.63, 3.8) is 0 Å². The standard InChI is InChI=1S/C10H19NO3/c1-8(12)11(5)7-6-9(13)14-10(2,3)4/h6-7H2,1-5H3. The normalized spacial score (nSPS) is 10.9. The predicted octanol–water partition coefficient (Wildman–Crippen LogP) is 1.20. The Balaban J connectivity index is 3.81. The SMILES string of the molecule is CC(=O)N(C)CCC(=O)OC(C)(C)C. The fourth-order valence-corrected chi connectivity index (χ4v) is 0.809. The van der Waals surface area contributed by atoms with E-state index in [9.17, 15) is 9.59 Å². The lowest BCUT2D eigenvalue weighted by atomic mass is 10.2. The Kier molecular flexibility index (Phi) is 4.60. The van der Waals surface area contributed by atoms with Gasteiger partial charge in [-0.1, -0.05) is 0 Å². The molecule has 0 bridgehead atoms. The van der Waals surface area contributed by atoms with Gasteiger partial charge in [0.2, 0.25) is 5.91 Å². The summed E-state index contributed by atoms with van der Waals surface area (Å²) in [5.74, 6) is -0.320. The molecule has 0 heterocycles. The number of hydrogen-bond acceptors (Lipinski definition) is 3. The number of carbonyl (C=O) groups excluding carboxylic acids is 2. The molecule has 0 radical (unpaired) electrons. The Bertz CT molecular complexity index is 218. The number of esters is 1. The molecule has 0 aliphatic heterocycles. The number of rotatable bonds is 3. The van der Waals surface area contributed by atoms with Crippen LogP contribution in [0.1, 0.15) is 34.1 Å². The number of nitrogens with zero attached hydrogens (tertiary/aromatic N) is 1. The predicted molar refractivity (Wildman–Crippen MR) is 53.8 cm³/mol. The summed E-state index contributed by atoms with van der Waals surface area (Å²) in [6, 6.07) is 0. The second-order valence-corrected chi connectivity index (χ2v) is 4.28. The third kappa shape index (κ3) is 6.46. The Morgan fingerprint density at radius 2 is 1.79 bits per heavy atom. The summed E-state index contributed by atoms with van der Waals surface area (Å²) < 4.78 is 5.09. The van der Waals surface area contributed by atoms with Crippen LogP contribution in [0.25, 0.3) is 0 Å². The zero-order chi connectivity index (χ0) is 11.4. The lowest BCUT2D eigenvalue weighted by Crippen LogP contribution is -2.29. The number of ether oxygens (including phenoxy) is 1. The molecule has 82 valence electrons. The maximum Gasteiger partial charge on any atom is 0.308 e. The van der Waals surface area contributed by atoms with Gasteiger partial charge in [-0.25, -0.2) is 0 Å². The van der Waals surface area contributed by atoms with Crippen LogP contribution in [-0.4, -0.2) is 36.0 Å². The second kappa shape index (κ2) is 4.98. The molecule has 0 aliphatic rings. The Morgan fingerprint density at radius 1 is 1.29 bits per heavy atom. The third-order valence-corrected chi connectivity index (χ3v) is 1.61. The van der Waals surface area contributed by atoms with Crippen LogP contribution in [-0.2, 0) is 14.3 Å². The quantitative estimate of drug-likeness (QED) is 0.644. The van der Waals surface area contributed by atoms with Gasteiger partial charge in [-0.15, -0.1) is 0 Å². The first-order valence-electron chi connectivity index (χ1n) is 4.66. The lowest BCUT2D eigenvalue weighted by Gasteiger charge is -2.20. The molecule has 0 rings (SSSR count). The van der Waals surface area contributed by atoms with Crippen molar-refractivity contribution < 1.29 is 14.3 Å². The summed E-state index contributed by atoms with van der Waals surface area (Å²) in [6.45, 7) is 7.33. The van der Waals surface area contributed by atoms with Crippen LogP contribution in [0.4, 0.5) is 0 Å². The first-order chi connectivity index (χ1) is 6.22. The first kappa shape index (κ1) is 12.9. The fourth-order valence-electron chi connectivity index (χ4n) is 0.809. The van der Waals surface area contributed by atoms with Crippen molar-refractivity contribution in [3.8, 4) is 0 Å². The molecule has 0 spiro atoms. The molecule has 0 aromatic rings. The van der Waals surface area contributed by atoms with Gasteiger partial charge < -0.3 is 9.64 Å². The van der Waals surface area contributed by atoms with Gasteiger partial charge in [-0.3, -0.25) is 9.59 Å². The molecule has 0 saturated carbocycles. The number of hydrogen-bond donors (Lipinski definition) is 0. The Labute approximate surface area is 85.2 Å². The maximum absolute atomic E-state index is 11.2. The van der Waals surface area contributed by atoms with E-state index in [1.165, 1.54) is 11.8 Å². The zero-order valence-corrected chi connectivity index (χ0v) is 9.59. The molecule has 0 fully saturated rings. The third-order valence-electron chi connectivity index (χ3n) is 1.61. The van der Waals surface area contributed by atoms with Crippen LogP contribution in [0, 0.1) is 0 Å². The average molecular weight is 201 g/mol. The van der Waals surface area contributed by atoms with Crippen molar-refractivity contribution in [2.24, 2.45) is 0 Å². The highest BCUT2D eigenvalue weighted by molar-refractivity contribution is 5.74. The van der Waals surface area contributed by atoms with E-state index in [1.54, 1.807) is 7.05 Å². The first-order valence-corrected chi connectivity index (χ1v) is 4.66. The highest BCUT2D eigenvalue weighted by Crippen LogP contribution is 2.08. The fraction of sp³-hybridized carbons (Fsp3) is 0.800. The van der Waals surface area contributed by atoms with Gasteiger partial charge >= 0.3 is 5.97 Å². The van der Waals surface area contributed by atoms with Gasteiger partial charge in [0.25, 0.3) is 0 Å². The zero-order valence-electron chi connectivity index (χ0n) is 9.59. The van der Waals surface area contributed by atoms with Gasteiger partial charge in [-0.05, 0) is 20.8 Å². The van der Waals surface area contributed by atoms with Crippen molar-refractivity contribution in [2.45, 2.75) is 39.7 Å². The average Bonchev–Trinajstić information content (AvgIpc) is 1.96. The van der Waals surface area contributed by atoms with Gasteiger partial charge in [0, 0.05) is 20.5 Å². The molecule has 1 amide bonds. The molecule has 0 N–H and O–H groups in total. The van der Waals surface area contributed by atoms with Crippen molar-refractivity contribution >= 4 is 11.9 Å². The van der Waals surface area contributed by atoms with Crippen LogP contribution in [0.2, 0.25) is 0 Å². The minimum atomic E-state index is -0.453. The van der Waals surface area contributed by atoms with E-state index in [1.807, 2.05) is 20.8 Å². The van der Waals surface area contributed by atoms with Gasteiger partial charge in [0.05, 0.1) is 6.42 Å². The van der Waals surface area contributed by atoms with Crippen LogP contribution >= 0.6 is 0 Å². The van der Waals surface area contributed by atoms with Crippen molar-refractivity contribution in [2.75, 3.05) is 13.6 Å². The van der Waals surface area contributed by atoms with Crippen LogP contribution in [0.15, 0.2) is 0 Å². The lowest BCUT2D eigenvalue weighted by molar-refractivity contribution is -0.155. The summed E-state index contributed by atoms with van der Waals surface area (Å²) in [5.41, 5.74) is -0.453. The van der Waals surface area contributed by atoms with Crippen molar-refractivity contribution in [1.82, 2.24) is 4.90 Å². The van der Waals surface area contributed by atoms with Crippen LogP contribution in [0.3, 0.4) is 0 Å². The monoisotopic (exact) mass is 201 g/mol. The van der Waals surface area contributed by atoms with Crippen LogP contribution in [0.5, 0.6) is 0 Å². The van der Waals surface area contributed by atoms with Crippen molar-refractivity contribution in [3.05, 3.63) is 0 Å². The van der Waals surface area contributed by atoms with E-state index in [-0.39, 0.29) is 18.3 Å². The van der Waals surface area contributed by atoms with Gasteiger partial charge in [-0.2, -0.15) is 0 Å². The van der Waals surface area contributed by atoms with E-state index in [0.29, 0.717) is 6.54 Å². The maximum atomic E-state index is 11.2. The van der Waals surface area contributed by atoms with E-state index >= 15 is 0 Å². The Hall–Kier alpha value is -1.06. The number of amides is 1. The molecule has 0 aliphatic carbocycles. The molecule has 0 unspecified atom stereocenters. The largest absolute Gasteiger partial charge is 0.460 e. The highest BCUT2D eigenvalue weighted by Gasteiger charge is 2.16. The van der Waals surface area contributed by atoms with Gasteiger partial charge in [0.1, 0.15) is 5.60 Å². The van der Waals surface area contributed by atoms with E-state index in [0.717, 1.165) is 0 Å². The van der Waals surface area contributed by atoms with Crippen LogP contribution < -0.4 is 0 Å². The molecular weight excluding hydrogens is 182 g/mol. The molecule has 4 nitrogen and oxygen atoms in total. The molecular formula is C10H19NO3. The summed E-state index contributed by atoms with van der Waals surface area (Å²) in [5, 5.41) is 0. The molecule has 14 heavy (non-hydrogen) atoms. The summed E-state index contributed by atoms with van der Waals surface area (Å²) in [6.07, 6.45) is 0.243. The molecule has 0 aromatic carbocycles. The van der Waals surface area contributed by atoms with E-state index < -0.39 is 5.60 Å². The summed E-state index contributed by atoms with van der Waals surface area (Å²) in [7, 11) is 1.66. The minimum Gasteiger partial charge on any atom is -0.460 e. The second-order valence-electron chi connectivity index (χ2n) is 4.28. The van der Waals surface area contributed by atoms with Crippen molar-refractivity contribution in [1.29, 1.82) is 0 Å². The van der Waals surface area contributed by atoms with E-state index in [4.69, 9.17) is 4.74 Å². The minimum absolute atomic E-state index is 0.0476. The van der Waals surface area contributed by atoms with Gasteiger partial charge in [0.15, 0.2) is 0 Å². The molecule has 0 aromatic heterocycles. The smallest absolute Gasteiger partial charge is 0.308 e. The van der Waals surface area contributed by atoms with E-state index in [2.05, 4.69) is 0 Å². The summed E-state index contributed by atoms with van der Waals surface area (Å²) in [4.78, 5) is 23.5. The topological polar surface area (TPSA) is 46.6 Å². The Morgan fingerprint density at radius 3 is 2.14 bits per heavy atom. The molecule has 4 heteroatoms. The summed E-state index contributed by atoms with van der Waals surface area (Å²) >= 11 is 0. The molecule has 0 saturated heterocycles. The molecule has 0 atom stereocenters.